The van der Waals surface area contributed by atoms with E-state index in [0.29, 0.717) is 12.5 Å². The van der Waals surface area contributed by atoms with Gasteiger partial charge in [0.05, 0.1) is 6.61 Å². The molecule has 1 unspecified atom stereocenters. The van der Waals surface area contributed by atoms with Crippen molar-refractivity contribution in [3.63, 3.8) is 0 Å². The molecule has 1 aliphatic carbocycles. The number of nitrogens with one attached hydrogen (secondary N) is 1. The highest BCUT2D eigenvalue weighted by Crippen LogP contribution is 2.29. The van der Waals surface area contributed by atoms with Crippen LogP contribution in [0.25, 0.3) is 0 Å². The molecule has 1 saturated carbocycles. The van der Waals surface area contributed by atoms with E-state index in [-0.39, 0.29) is 5.91 Å². The molecule has 1 aliphatic rings. The third-order valence-corrected chi connectivity index (χ3v) is 3.34. The van der Waals surface area contributed by atoms with Gasteiger partial charge in [0, 0.05) is 12.2 Å². The van der Waals surface area contributed by atoms with E-state index in [9.17, 15) is 4.79 Å². The van der Waals surface area contributed by atoms with Crippen molar-refractivity contribution in [1.29, 1.82) is 0 Å². The van der Waals surface area contributed by atoms with E-state index in [2.05, 4.69) is 16.3 Å². The molecule has 1 fully saturated rings. The van der Waals surface area contributed by atoms with E-state index < -0.39 is 6.10 Å². The molecule has 2 rings (SSSR count). The zero-order valence-corrected chi connectivity index (χ0v) is 12.6. The van der Waals surface area contributed by atoms with Crippen LogP contribution in [-0.4, -0.2) is 37.6 Å². The highest BCUT2D eigenvalue weighted by molar-refractivity contribution is 5.93. The number of hydrogen-bond acceptors (Lipinski definition) is 3. The molecule has 110 valence electrons. The van der Waals surface area contributed by atoms with Crippen LogP contribution in [0.3, 0.4) is 0 Å². The maximum Gasteiger partial charge on any atom is 0.253 e. The summed E-state index contributed by atoms with van der Waals surface area (Å²) in [4.78, 5) is 14.1. The Morgan fingerprint density at radius 3 is 2.85 bits per heavy atom. The number of anilines is 1. The number of benzene rings is 1. The van der Waals surface area contributed by atoms with Crippen LogP contribution in [0.15, 0.2) is 24.3 Å². The Labute approximate surface area is 121 Å². The van der Waals surface area contributed by atoms with Crippen LogP contribution >= 0.6 is 0 Å². The smallest absolute Gasteiger partial charge is 0.253 e. The van der Waals surface area contributed by atoms with Crippen molar-refractivity contribution < 1.29 is 9.53 Å². The lowest BCUT2D eigenvalue weighted by molar-refractivity contribution is -0.126. The summed E-state index contributed by atoms with van der Waals surface area (Å²) < 4.78 is 5.57. The zero-order valence-electron chi connectivity index (χ0n) is 12.6. The second-order valence-corrected chi connectivity index (χ2v) is 5.85. The van der Waals surface area contributed by atoms with Crippen LogP contribution < -0.4 is 5.32 Å². The van der Waals surface area contributed by atoms with E-state index in [1.54, 1.807) is 6.92 Å². The maximum absolute atomic E-state index is 12.0. The summed E-state index contributed by atoms with van der Waals surface area (Å²) in [6.45, 7) is 3.37. The van der Waals surface area contributed by atoms with Crippen LogP contribution in [-0.2, 0) is 16.1 Å². The van der Waals surface area contributed by atoms with Gasteiger partial charge in [0.1, 0.15) is 6.10 Å². The molecule has 1 atom stereocenters. The largest absolute Gasteiger partial charge is 0.368 e. The van der Waals surface area contributed by atoms with Crippen molar-refractivity contribution in [3.8, 4) is 0 Å². The molecule has 1 N–H and O–H groups in total. The second kappa shape index (κ2) is 6.86. The second-order valence-electron chi connectivity index (χ2n) is 5.85. The fourth-order valence-corrected chi connectivity index (χ4v) is 2.00. The number of hydrogen-bond donors (Lipinski definition) is 1. The molecule has 0 saturated heterocycles. The predicted octanol–water partition coefficient (Wildman–Crippen LogP) is 2.50. The standard InChI is InChI=1S/C16H24N2O2/c1-12(20-11-13-7-8-13)16(19)17-15-6-4-5-14(9-15)10-18(2)3/h4-6,9,12-13H,7-8,10-11H2,1-3H3,(H,17,19). The Kier molecular flexibility index (Phi) is 5.15. The van der Waals surface area contributed by atoms with Crippen LogP contribution in [0.5, 0.6) is 0 Å². The normalized spacial score (nSPS) is 16.2. The van der Waals surface area contributed by atoms with Gasteiger partial charge in [0.15, 0.2) is 0 Å². The van der Waals surface area contributed by atoms with Crippen molar-refractivity contribution in [2.45, 2.75) is 32.4 Å². The van der Waals surface area contributed by atoms with E-state index in [1.165, 1.54) is 18.4 Å². The highest BCUT2D eigenvalue weighted by atomic mass is 16.5. The van der Waals surface area contributed by atoms with Gasteiger partial charge in [-0.3, -0.25) is 4.79 Å². The van der Waals surface area contributed by atoms with Crippen LogP contribution in [0.4, 0.5) is 5.69 Å². The molecule has 0 radical (unpaired) electrons. The summed E-state index contributed by atoms with van der Waals surface area (Å²) in [6, 6.07) is 7.93. The molecule has 1 aromatic carbocycles. The lowest BCUT2D eigenvalue weighted by atomic mass is 10.2. The molecule has 1 amide bonds. The van der Waals surface area contributed by atoms with Crippen molar-refractivity contribution in [1.82, 2.24) is 4.90 Å². The Morgan fingerprint density at radius 2 is 2.20 bits per heavy atom. The van der Waals surface area contributed by atoms with Crippen LogP contribution in [0, 0.1) is 5.92 Å². The quantitative estimate of drug-likeness (QED) is 0.832. The zero-order chi connectivity index (χ0) is 14.5. The third kappa shape index (κ3) is 4.94. The van der Waals surface area contributed by atoms with Crippen molar-refractivity contribution >= 4 is 11.6 Å². The fraction of sp³-hybridized carbons (Fsp3) is 0.562. The first-order valence-corrected chi connectivity index (χ1v) is 7.20. The van der Waals surface area contributed by atoms with Crippen LogP contribution in [0.1, 0.15) is 25.3 Å². The molecule has 1 aromatic rings. The van der Waals surface area contributed by atoms with E-state index >= 15 is 0 Å². The Morgan fingerprint density at radius 1 is 1.45 bits per heavy atom. The summed E-state index contributed by atoms with van der Waals surface area (Å²) in [7, 11) is 4.05. The number of carbonyl (C=O) groups excluding carboxylic acids is 1. The Bertz CT molecular complexity index is 456. The van der Waals surface area contributed by atoms with Crippen molar-refractivity contribution in [2.24, 2.45) is 5.92 Å². The minimum Gasteiger partial charge on any atom is -0.368 e. The molecule has 0 aliphatic heterocycles. The monoisotopic (exact) mass is 276 g/mol. The summed E-state index contributed by atoms with van der Waals surface area (Å²) in [5.41, 5.74) is 2.01. The van der Waals surface area contributed by atoms with Crippen molar-refractivity contribution in [2.75, 3.05) is 26.0 Å². The number of rotatable bonds is 7. The van der Waals surface area contributed by atoms with Crippen molar-refractivity contribution in [3.05, 3.63) is 29.8 Å². The van der Waals surface area contributed by atoms with Gasteiger partial charge in [0.25, 0.3) is 5.91 Å². The minimum atomic E-state index is -0.395. The lowest BCUT2D eigenvalue weighted by Crippen LogP contribution is -2.28. The summed E-state index contributed by atoms with van der Waals surface area (Å²) >= 11 is 0. The van der Waals surface area contributed by atoms with Gasteiger partial charge >= 0.3 is 0 Å². The summed E-state index contributed by atoms with van der Waals surface area (Å²) in [5, 5.41) is 2.92. The first kappa shape index (κ1) is 15.0. The van der Waals surface area contributed by atoms with E-state index in [1.807, 2.05) is 32.3 Å². The molecule has 0 aromatic heterocycles. The lowest BCUT2D eigenvalue weighted by Gasteiger charge is -2.14. The van der Waals surface area contributed by atoms with Gasteiger partial charge in [-0.1, -0.05) is 12.1 Å². The first-order valence-electron chi connectivity index (χ1n) is 7.20. The first-order chi connectivity index (χ1) is 9.54. The predicted molar refractivity (Wildman–Crippen MR) is 80.6 cm³/mol. The van der Waals surface area contributed by atoms with E-state index in [0.717, 1.165) is 12.2 Å². The highest BCUT2D eigenvalue weighted by Gasteiger charge is 2.24. The van der Waals surface area contributed by atoms with E-state index in [4.69, 9.17) is 4.74 Å². The average molecular weight is 276 g/mol. The molecule has 4 nitrogen and oxygen atoms in total. The number of amides is 1. The topological polar surface area (TPSA) is 41.6 Å². The van der Waals surface area contributed by atoms with Gasteiger partial charge in [-0.05, 0) is 57.5 Å². The average Bonchev–Trinajstić information content (AvgIpc) is 3.19. The van der Waals surface area contributed by atoms with Gasteiger partial charge in [-0.15, -0.1) is 0 Å². The molecular formula is C16H24N2O2. The Hall–Kier alpha value is -1.39. The fourth-order valence-electron chi connectivity index (χ4n) is 2.00. The third-order valence-electron chi connectivity index (χ3n) is 3.34. The van der Waals surface area contributed by atoms with Gasteiger partial charge < -0.3 is 15.0 Å². The maximum atomic E-state index is 12.0. The minimum absolute atomic E-state index is 0.0762. The molecule has 0 spiro atoms. The molecule has 4 heteroatoms. The molecule has 0 bridgehead atoms. The number of nitrogens with zero attached hydrogens (tertiary/aromatic N) is 1. The van der Waals surface area contributed by atoms with Gasteiger partial charge in [-0.25, -0.2) is 0 Å². The van der Waals surface area contributed by atoms with Gasteiger partial charge in [-0.2, -0.15) is 0 Å². The molecule has 0 heterocycles. The van der Waals surface area contributed by atoms with Crippen LogP contribution in [0.2, 0.25) is 0 Å². The number of carbonyl (C=O) groups is 1. The summed E-state index contributed by atoms with van der Waals surface area (Å²) in [6.07, 6.45) is 2.08. The summed E-state index contributed by atoms with van der Waals surface area (Å²) in [5.74, 6) is 0.598. The molecule has 20 heavy (non-hydrogen) atoms. The SMILES string of the molecule is CC(OCC1CC1)C(=O)Nc1cccc(CN(C)C)c1. The van der Waals surface area contributed by atoms with Gasteiger partial charge in [0.2, 0.25) is 0 Å². The Balaban J connectivity index is 1.85. The molecular weight excluding hydrogens is 252 g/mol. The number of ether oxygens (including phenoxy) is 1.